The molecule has 0 amide bonds. The number of nitrogens with zero attached hydrogens (tertiary/aromatic N) is 1. The Labute approximate surface area is 64.6 Å². The predicted molar refractivity (Wildman–Crippen MR) is 46.9 cm³/mol. The van der Waals surface area contributed by atoms with Crippen LogP contribution in [0.2, 0.25) is 0 Å². The van der Waals surface area contributed by atoms with Gasteiger partial charge in [0.05, 0.1) is 0 Å². The Balaban J connectivity index is 2.49. The quantitative estimate of drug-likeness (QED) is 0.393. The van der Waals surface area contributed by atoms with Crippen LogP contribution in [-0.2, 0) is 0 Å². The van der Waals surface area contributed by atoms with Gasteiger partial charge >= 0.3 is 64.2 Å². The van der Waals surface area contributed by atoms with E-state index in [0.29, 0.717) is 14.8 Å². The zero-order chi connectivity index (χ0) is 6.69. The van der Waals surface area contributed by atoms with Crippen molar-refractivity contribution in [3.8, 4) is 0 Å². The van der Waals surface area contributed by atoms with Gasteiger partial charge in [0.2, 0.25) is 0 Å². The van der Waals surface area contributed by atoms with E-state index in [4.69, 9.17) is 0 Å². The molecule has 0 spiro atoms. The monoisotopic (exact) mass is 155 g/mol. The molecule has 0 saturated carbocycles. The normalized spacial score (nSPS) is 20.8. The zero-order valence-corrected chi connectivity index (χ0v) is 7.82. The molecule has 0 aromatic carbocycles. The third-order valence-electron chi connectivity index (χ3n) is 1.54. The molecule has 0 bridgehead atoms. The molecule has 1 aliphatic heterocycles. The van der Waals surface area contributed by atoms with E-state index >= 15 is 0 Å². The molecule has 0 radical (unpaired) electrons. The summed E-state index contributed by atoms with van der Waals surface area (Å²) < 4.78 is 3.84. The van der Waals surface area contributed by atoms with E-state index in [1.54, 1.807) is 4.44 Å². The molecule has 3 heteroatoms. The van der Waals surface area contributed by atoms with Gasteiger partial charge in [-0.05, 0) is 0 Å². The molecule has 0 saturated heterocycles. The van der Waals surface area contributed by atoms with Gasteiger partial charge < -0.3 is 0 Å². The Morgan fingerprint density at radius 3 is 3.00 bits per heavy atom. The molecule has 0 fully saturated rings. The molecule has 1 rings (SSSR count). The molecular weight excluding hydrogens is 144 g/mol. The van der Waals surface area contributed by atoms with E-state index in [2.05, 4.69) is 25.5 Å². The second kappa shape index (κ2) is 3.64. The van der Waals surface area contributed by atoms with Crippen LogP contribution in [0.3, 0.4) is 0 Å². The minimum absolute atomic E-state index is 0.346. The van der Waals surface area contributed by atoms with Gasteiger partial charge in [0, 0.05) is 0 Å². The molecule has 1 heterocycles. The van der Waals surface area contributed by atoms with Crippen LogP contribution in [0.1, 0.15) is 6.42 Å². The SMILES string of the molecule is [CH2]=[Al][C]1=CCN(P)CC1. The van der Waals surface area contributed by atoms with E-state index in [9.17, 15) is 0 Å². The first-order valence-electron chi connectivity index (χ1n) is 3.14. The molecule has 1 unspecified atom stereocenters. The maximum absolute atomic E-state index is 3.92. The van der Waals surface area contributed by atoms with Gasteiger partial charge in [0.1, 0.15) is 0 Å². The average Bonchev–Trinajstić information content (AvgIpc) is 1.90. The molecule has 0 aliphatic carbocycles. The molecule has 0 aromatic heterocycles. The number of hydrogen-bond acceptors (Lipinski definition) is 1. The van der Waals surface area contributed by atoms with Crippen molar-refractivity contribution < 1.29 is 0 Å². The van der Waals surface area contributed by atoms with E-state index in [-0.39, 0.29) is 0 Å². The molecule has 0 aromatic rings. The van der Waals surface area contributed by atoms with Crippen molar-refractivity contribution in [2.75, 3.05) is 13.1 Å². The number of rotatable bonds is 1. The van der Waals surface area contributed by atoms with Gasteiger partial charge in [-0.15, -0.1) is 0 Å². The molecule has 9 heavy (non-hydrogen) atoms. The summed E-state index contributed by atoms with van der Waals surface area (Å²) in [5.74, 6) is 0. The fraction of sp³-hybridized carbons (Fsp3) is 0.500. The van der Waals surface area contributed by atoms with E-state index < -0.39 is 0 Å². The first-order chi connectivity index (χ1) is 4.33. The van der Waals surface area contributed by atoms with Gasteiger partial charge in [-0.2, -0.15) is 0 Å². The predicted octanol–water partition coefficient (Wildman–Crippen LogP) is 0.502. The Morgan fingerprint density at radius 2 is 2.56 bits per heavy atom. The van der Waals surface area contributed by atoms with Gasteiger partial charge in [-0.3, -0.25) is 0 Å². The van der Waals surface area contributed by atoms with Crippen LogP contribution < -0.4 is 0 Å². The van der Waals surface area contributed by atoms with Crippen LogP contribution in [-0.4, -0.2) is 37.9 Å². The summed E-state index contributed by atoms with van der Waals surface area (Å²) in [6, 6.07) is 0. The van der Waals surface area contributed by atoms with Crippen LogP contribution in [0.25, 0.3) is 0 Å². The summed E-state index contributed by atoms with van der Waals surface area (Å²) in [4.78, 5) is 0. The summed E-state index contributed by atoms with van der Waals surface area (Å²) in [6.07, 6.45) is 3.54. The van der Waals surface area contributed by atoms with E-state index in [1.165, 1.54) is 13.0 Å². The van der Waals surface area contributed by atoms with Crippen molar-refractivity contribution in [1.29, 1.82) is 0 Å². The van der Waals surface area contributed by atoms with Crippen molar-refractivity contribution in [2.45, 2.75) is 6.42 Å². The summed E-state index contributed by atoms with van der Waals surface area (Å²) in [6.45, 7) is 2.29. The van der Waals surface area contributed by atoms with Gasteiger partial charge in [0.15, 0.2) is 0 Å². The third kappa shape index (κ3) is 2.32. The van der Waals surface area contributed by atoms with Crippen LogP contribution >= 0.6 is 9.39 Å². The van der Waals surface area contributed by atoms with Crippen molar-refractivity contribution in [1.82, 2.24) is 4.67 Å². The van der Waals surface area contributed by atoms with Gasteiger partial charge in [0.25, 0.3) is 0 Å². The third-order valence-corrected chi connectivity index (χ3v) is 3.06. The maximum atomic E-state index is 3.92. The van der Waals surface area contributed by atoms with Crippen molar-refractivity contribution in [3.63, 3.8) is 0 Å². The average molecular weight is 155 g/mol. The van der Waals surface area contributed by atoms with Crippen LogP contribution in [0.15, 0.2) is 10.5 Å². The second-order valence-corrected chi connectivity index (χ2v) is 4.11. The molecule has 48 valence electrons. The van der Waals surface area contributed by atoms with E-state index in [0.717, 1.165) is 6.54 Å². The number of hydrogen-bond donors (Lipinski definition) is 0. The van der Waals surface area contributed by atoms with E-state index in [1.807, 2.05) is 0 Å². The fourth-order valence-electron chi connectivity index (χ4n) is 0.886. The van der Waals surface area contributed by atoms with Gasteiger partial charge in [-0.1, -0.05) is 0 Å². The standard InChI is InChI=1S/C5H9NP.CH2.Al/c7-6-4-2-1-3-5-6;;/h2H,3-5,7H2;1H2;. The van der Waals surface area contributed by atoms with Crippen molar-refractivity contribution >= 4 is 29.6 Å². The van der Waals surface area contributed by atoms with Crippen LogP contribution in [0.4, 0.5) is 0 Å². The Kier molecular flexibility index (Phi) is 3.09. The molecule has 1 aliphatic rings. The summed E-state index contributed by atoms with van der Waals surface area (Å²) in [5.41, 5.74) is 0. The second-order valence-electron chi connectivity index (χ2n) is 2.23. The topological polar surface area (TPSA) is 3.24 Å². The summed E-state index contributed by atoms with van der Waals surface area (Å²) >= 11 is 0.346. The van der Waals surface area contributed by atoms with Crippen LogP contribution in [0, 0.1) is 0 Å². The van der Waals surface area contributed by atoms with Crippen molar-refractivity contribution in [3.05, 3.63) is 10.5 Å². The molecule has 0 N–H and O–H groups in total. The van der Waals surface area contributed by atoms with Gasteiger partial charge in [-0.25, -0.2) is 0 Å². The first kappa shape index (κ1) is 7.64. The first-order valence-corrected chi connectivity index (χ1v) is 5.05. The molecular formula is C6H11AlNP. The summed E-state index contributed by atoms with van der Waals surface area (Å²) in [5, 5.41) is 3.92. The Morgan fingerprint density at radius 1 is 1.78 bits per heavy atom. The Hall–Kier alpha value is 0.532. The summed E-state index contributed by atoms with van der Waals surface area (Å²) in [7, 11) is 2.72. The van der Waals surface area contributed by atoms with Crippen LogP contribution in [0.5, 0.6) is 0 Å². The molecule has 1 atom stereocenters. The minimum atomic E-state index is 0.346. The fourth-order valence-corrected chi connectivity index (χ4v) is 1.73. The zero-order valence-electron chi connectivity index (χ0n) is 5.51. The van der Waals surface area contributed by atoms with Crippen molar-refractivity contribution in [2.24, 2.45) is 0 Å². The Bertz CT molecular complexity index is 144. The molecule has 1 nitrogen and oxygen atoms in total.